The average Bonchev–Trinajstić information content (AvgIpc) is 3.08. The molecule has 21 heavy (non-hydrogen) atoms. The maximum absolute atomic E-state index is 10.6. The topological polar surface area (TPSA) is 42.9 Å². The number of aryl methyl sites for hydroxylation is 1. The van der Waals surface area contributed by atoms with Crippen LogP contribution in [0.4, 0.5) is 0 Å². The zero-order chi connectivity index (χ0) is 13.9. The Balaban J connectivity index is 0.00000161. The Kier molecular flexibility index (Phi) is 5.22. The summed E-state index contributed by atoms with van der Waals surface area (Å²) in [7, 11) is 0. The summed E-state index contributed by atoms with van der Waals surface area (Å²) in [6, 6.07) is 8.15. The molecule has 0 radical (unpaired) electrons. The van der Waals surface area contributed by atoms with Crippen LogP contribution in [0.15, 0.2) is 36.7 Å². The fourth-order valence-electron chi connectivity index (χ4n) is 1.91. The maximum Gasteiger partial charge on any atom is 0.133 e. The summed E-state index contributed by atoms with van der Waals surface area (Å²) in [6.45, 7) is 1.95. The fraction of sp³-hybridized carbons (Fsp3) is 0.133. The van der Waals surface area contributed by atoms with Crippen LogP contribution in [-0.2, 0) is 11.2 Å². The summed E-state index contributed by atoms with van der Waals surface area (Å²) < 4.78 is 0. The molecule has 0 atom stereocenters. The molecule has 0 bridgehead atoms. The van der Waals surface area contributed by atoms with Crippen molar-refractivity contribution >= 4 is 41.4 Å². The van der Waals surface area contributed by atoms with Gasteiger partial charge in [0.05, 0.1) is 10.6 Å². The van der Waals surface area contributed by atoms with Gasteiger partial charge in [0.15, 0.2) is 0 Å². The highest BCUT2D eigenvalue weighted by molar-refractivity contribution is 7.23. The molecule has 0 saturated carbocycles. The second kappa shape index (κ2) is 6.93. The van der Waals surface area contributed by atoms with Gasteiger partial charge >= 0.3 is 0 Å². The first-order chi connectivity index (χ1) is 9.78. The minimum absolute atomic E-state index is 0. The smallest absolute Gasteiger partial charge is 0.133 e. The number of aldehydes is 1. The second-order valence-corrected chi connectivity index (χ2v) is 6.47. The van der Waals surface area contributed by atoms with Crippen molar-refractivity contribution in [3.63, 3.8) is 0 Å². The van der Waals surface area contributed by atoms with Crippen LogP contribution in [0.5, 0.6) is 0 Å². The molecule has 3 rings (SSSR count). The lowest BCUT2D eigenvalue weighted by Gasteiger charge is -1.93. The number of rotatable bonds is 4. The quantitative estimate of drug-likeness (QED) is 0.663. The van der Waals surface area contributed by atoms with E-state index in [0.29, 0.717) is 6.42 Å². The fourth-order valence-corrected chi connectivity index (χ4v) is 3.97. The van der Waals surface area contributed by atoms with Crippen LogP contribution in [0.25, 0.3) is 20.3 Å². The molecular weight excluding hydrogens is 324 g/mol. The maximum atomic E-state index is 10.6. The highest BCUT2D eigenvalue weighted by atomic mass is 35.5. The zero-order valence-electron chi connectivity index (χ0n) is 11.3. The highest BCUT2D eigenvalue weighted by Gasteiger charge is 2.11. The van der Waals surface area contributed by atoms with E-state index in [0.717, 1.165) is 32.3 Å². The molecule has 0 unspecified atom stereocenters. The Hall–Kier alpha value is -1.56. The minimum atomic E-state index is 0. The van der Waals surface area contributed by atoms with Gasteiger partial charge in [0.25, 0.3) is 0 Å². The van der Waals surface area contributed by atoms with Gasteiger partial charge < -0.3 is 4.79 Å². The lowest BCUT2D eigenvalue weighted by Crippen LogP contribution is -1.83. The largest absolute Gasteiger partial charge is 0.303 e. The Morgan fingerprint density at radius 1 is 1.19 bits per heavy atom. The Labute approximate surface area is 137 Å². The van der Waals surface area contributed by atoms with Gasteiger partial charge in [-0.15, -0.1) is 35.1 Å². The Bertz CT molecular complexity index is 737. The predicted octanol–water partition coefficient (Wildman–Crippen LogP) is 4.41. The van der Waals surface area contributed by atoms with Crippen molar-refractivity contribution in [2.45, 2.75) is 13.3 Å². The van der Waals surface area contributed by atoms with Gasteiger partial charge in [-0.05, 0) is 25.1 Å². The van der Waals surface area contributed by atoms with E-state index in [4.69, 9.17) is 0 Å². The molecule has 3 aromatic heterocycles. The van der Waals surface area contributed by atoms with E-state index in [2.05, 4.69) is 22.1 Å². The molecule has 108 valence electrons. The zero-order valence-corrected chi connectivity index (χ0v) is 13.7. The minimum Gasteiger partial charge on any atom is -0.303 e. The third-order valence-electron chi connectivity index (χ3n) is 2.92. The van der Waals surface area contributed by atoms with Crippen molar-refractivity contribution in [2.24, 2.45) is 0 Å². The normalized spacial score (nSPS) is 10.1. The summed E-state index contributed by atoms with van der Waals surface area (Å²) in [5.41, 5.74) is 2.07. The lowest BCUT2D eigenvalue weighted by molar-refractivity contribution is -0.107. The van der Waals surface area contributed by atoms with Crippen molar-refractivity contribution in [1.29, 1.82) is 0 Å². The molecule has 0 aromatic carbocycles. The number of aromatic nitrogens is 2. The number of hydrogen-bond acceptors (Lipinski definition) is 5. The molecule has 3 nitrogen and oxygen atoms in total. The van der Waals surface area contributed by atoms with Gasteiger partial charge in [-0.3, -0.25) is 4.98 Å². The number of carbonyl (C=O) groups excluding carboxylic acids is 1. The predicted molar refractivity (Wildman–Crippen MR) is 90.4 cm³/mol. The molecule has 0 aliphatic heterocycles. The average molecular weight is 337 g/mol. The lowest BCUT2D eigenvalue weighted by atomic mass is 10.2. The molecule has 3 aromatic rings. The van der Waals surface area contributed by atoms with Crippen LogP contribution in [0.3, 0.4) is 0 Å². The summed E-state index contributed by atoms with van der Waals surface area (Å²) >= 11 is 3.30. The van der Waals surface area contributed by atoms with Crippen LogP contribution in [-0.4, -0.2) is 16.3 Å². The number of thiazole rings is 1. The van der Waals surface area contributed by atoms with Crippen molar-refractivity contribution < 1.29 is 4.79 Å². The first-order valence-corrected chi connectivity index (χ1v) is 7.82. The first-order valence-electron chi connectivity index (χ1n) is 6.18. The Morgan fingerprint density at radius 2 is 2.00 bits per heavy atom. The third-order valence-corrected chi connectivity index (χ3v) is 5.41. The van der Waals surface area contributed by atoms with Gasteiger partial charge in [0.2, 0.25) is 0 Å². The van der Waals surface area contributed by atoms with Gasteiger partial charge in [0, 0.05) is 34.1 Å². The summed E-state index contributed by atoms with van der Waals surface area (Å²) in [5, 5.41) is 0.986. The molecular formula is C15H13ClN2OS2. The van der Waals surface area contributed by atoms with Crippen molar-refractivity contribution in [3.05, 3.63) is 47.2 Å². The molecule has 0 aliphatic carbocycles. The number of halogens is 1. The number of pyridine rings is 1. The van der Waals surface area contributed by atoms with Crippen LogP contribution < -0.4 is 0 Å². The van der Waals surface area contributed by atoms with Crippen LogP contribution in [0.1, 0.15) is 10.6 Å². The van der Waals surface area contributed by atoms with Crippen molar-refractivity contribution in [3.8, 4) is 20.3 Å². The van der Waals surface area contributed by atoms with Gasteiger partial charge in [-0.25, -0.2) is 4.98 Å². The molecule has 0 amide bonds. The summed E-state index contributed by atoms with van der Waals surface area (Å²) in [6.07, 6.45) is 5.01. The van der Waals surface area contributed by atoms with E-state index in [1.165, 1.54) is 4.88 Å². The molecule has 0 saturated heterocycles. The van der Waals surface area contributed by atoms with Crippen LogP contribution >= 0.6 is 35.1 Å². The van der Waals surface area contributed by atoms with Crippen LogP contribution in [0, 0.1) is 6.92 Å². The number of hydrogen-bond donors (Lipinski definition) is 0. The molecule has 6 heteroatoms. The van der Waals surface area contributed by atoms with Crippen molar-refractivity contribution in [2.75, 3.05) is 0 Å². The van der Waals surface area contributed by atoms with Gasteiger partial charge in [-0.1, -0.05) is 6.07 Å². The van der Waals surface area contributed by atoms with Crippen molar-refractivity contribution in [1.82, 2.24) is 9.97 Å². The Morgan fingerprint density at radius 3 is 2.71 bits per heavy atom. The number of thiophene rings is 1. The first kappa shape index (κ1) is 15.8. The standard InChI is InChI=1S/C15H12N2OS2.ClH/c1-10-12(6-8-18)20-15(17-10)14-5-4-13(19-14)11-3-2-7-16-9-11;/h2-5,7-9H,6H2,1H3;1H. The van der Waals surface area contributed by atoms with E-state index in [1.807, 2.05) is 25.3 Å². The van der Waals surface area contributed by atoms with Gasteiger partial charge in [0.1, 0.15) is 11.3 Å². The van der Waals surface area contributed by atoms with E-state index >= 15 is 0 Å². The molecule has 0 spiro atoms. The summed E-state index contributed by atoms with van der Waals surface area (Å²) in [4.78, 5) is 22.7. The summed E-state index contributed by atoms with van der Waals surface area (Å²) in [5.74, 6) is 0. The monoisotopic (exact) mass is 336 g/mol. The highest BCUT2D eigenvalue weighted by Crippen LogP contribution is 2.36. The van der Waals surface area contributed by atoms with E-state index in [9.17, 15) is 4.79 Å². The van der Waals surface area contributed by atoms with E-state index in [1.54, 1.807) is 28.9 Å². The molecule has 0 fully saturated rings. The molecule has 0 N–H and O–H groups in total. The molecule has 0 aliphatic rings. The van der Waals surface area contributed by atoms with E-state index < -0.39 is 0 Å². The third kappa shape index (κ3) is 3.37. The van der Waals surface area contributed by atoms with Crippen LogP contribution in [0.2, 0.25) is 0 Å². The SMILES string of the molecule is Cc1nc(-c2ccc(-c3cccnc3)s2)sc1CC=O.Cl. The van der Waals surface area contributed by atoms with E-state index in [-0.39, 0.29) is 12.4 Å². The van der Waals surface area contributed by atoms with Gasteiger partial charge in [-0.2, -0.15) is 0 Å². The molecule has 3 heterocycles. The second-order valence-electron chi connectivity index (χ2n) is 4.30. The number of nitrogens with zero attached hydrogens (tertiary/aromatic N) is 2. The number of carbonyl (C=O) groups is 1.